The third-order valence-electron chi connectivity index (χ3n) is 2.47. The molecule has 0 aliphatic heterocycles. The predicted octanol–water partition coefficient (Wildman–Crippen LogP) is 3.00. The summed E-state index contributed by atoms with van der Waals surface area (Å²) in [5.41, 5.74) is -0.00651. The zero-order valence-electron chi connectivity index (χ0n) is 9.58. The Morgan fingerprint density at radius 3 is 2.56 bits per heavy atom. The Kier molecular flexibility index (Phi) is 3.81. The third kappa shape index (κ3) is 2.89. The van der Waals surface area contributed by atoms with E-state index >= 15 is 0 Å². The van der Waals surface area contributed by atoms with Crippen molar-refractivity contribution >= 4 is 17.6 Å². The highest BCUT2D eigenvalue weighted by molar-refractivity contribution is 6.31. The first-order valence-electron chi connectivity index (χ1n) is 4.92. The molecule has 0 aliphatic carbocycles. The van der Waals surface area contributed by atoms with E-state index in [1.165, 1.54) is 0 Å². The van der Waals surface area contributed by atoms with Gasteiger partial charge in [-0.1, -0.05) is 17.7 Å². The van der Waals surface area contributed by atoms with Crippen molar-refractivity contribution in [2.45, 2.75) is 20.3 Å². The van der Waals surface area contributed by atoms with Crippen LogP contribution in [0.3, 0.4) is 0 Å². The minimum Gasteiger partial charge on any atom is -0.497 e. The van der Waals surface area contributed by atoms with E-state index in [2.05, 4.69) is 0 Å². The fraction of sp³-hybridized carbons (Fsp3) is 0.417. The molecule has 0 amide bonds. The van der Waals surface area contributed by atoms with Gasteiger partial charge in [0.15, 0.2) is 0 Å². The number of methoxy groups -OCH3 is 1. The zero-order valence-corrected chi connectivity index (χ0v) is 10.3. The number of carboxylic acid groups (broad SMARTS) is 1. The molecule has 0 fully saturated rings. The van der Waals surface area contributed by atoms with Crippen LogP contribution >= 0.6 is 11.6 Å². The summed E-state index contributed by atoms with van der Waals surface area (Å²) in [6.07, 6.45) is 0.394. The highest BCUT2D eigenvalue weighted by Gasteiger charge is 2.28. The highest BCUT2D eigenvalue weighted by Crippen LogP contribution is 2.29. The molecule has 0 heterocycles. The van der Waals surface area contributed by atoms with Crippen molar-refractivity contribution in [3.05, 3.63) is 28.8 Å². The van der Waals surface area contributed by atoms with E-state index in [1.54, 1.807) is 39.2 Å². The van der Waals surface area contributed by atoms with Crippen molar-refractivity contribution in [2.75, 3.05) is 7.11 Å². The van der Waals surface area contributed by atoms with Crippen LogP contribution in [0, 0.1) is 5.41 Å². The maximum atomic E-state index is 11.0. The number of hydrogen-bond donors (Lipinski definition) is 1. The molecule has 0 saturated carbocycles. The monoisotopic (exact) mass is 242 g/mol. The van der Waals surface area contributed by atoms with Crippen molar-refractivity contribution in [1.82, 2.24) is 0 Å². The highest BCUT2D eigenvalue weighted by atomic mass is 35.5. The summed E-state index contributed by atoms with van der Waals surface area (Å²) in [6.45, 7) is 3.35. The summed E-state index contributed by atoms with van der Waals surface area (Å²) in [5.74, 6) is -0.165. The Morgan fingerprint density at radius 2 is 2.12 bits per heavy atom. The minimum atomic E-state index is -0.834. The van der Waals surface area contributed by atoms with Gasteiger partial charge in [-0.25, -0.2) is 0 Å². The Hall–Kier alpha value is -1.22. The van der Waals surface area contributed by atoms with Crippen LogP contribution in [0.25, 0.3) is 0 Å². The number of carboxylic acids is 1. The summed E-state index contributed by atoms with van der Waals surface area (Å²) < 4.78 is 5.03. The van der Waals surface area contributed by atoms with Crippen LogP contribution in [0.4, 0.5) is 0 Å². The molecular weight excluding hydrogens is 228 g/mol. The van der Waals surface area contributed by atoms with Gasteiger partial charge >= 0.3 is 5.97 Å². The van der Waals surface area contributed by atoms with E-state index in [1.807, 2.05) is 0 Å². The van der Waals surface area contributed by atoms with E-state index in [0.717, 1.165) is 5.56 Å². The number of aliphatic carboxylic acids is 1. The summed E-state index contributed by atoms with van der Waals surface area (Å²) in [5, 5.41) is 9.56. The lowest BCUT2D eigenvalue weighted by Crippen LogP contribution is -2.26. The number of benzene rings is 1. The number of carbonyl (C=O) groups is 1. The number of rotatable bonds is 4. The Labute approximate surface area is 100.0 Å². The van der Waals surface area contributed by atoms with Crippen molar-refractivity contribution in [1.29, 1.82) is 0 Å². The molecule has 1 rings (SSSR count). The van der Waals surface area contributed by atoms with E-state index in [-0.39, 0.29) is 0 Å². The smallest absolute Gasteiger partial charge is 0.309 e. The van der Waals surface area contributed by atoms with Crippen molar-refractivity contribution in [2.24, 2.45) is 5.41 Å². The van der Waals surface area contributed by atoms with Crippen LogP contribution in [-0.2, 0) is 11.2 Å². The van der Waals surface area contributed by atoms with Gasteiger partial charge in [0.25, 0.3) is 0 Å². The second-order valence-corrected chi connectivity index (χ2v) is 4.73. The zero-order chi connectivity index (χ0) is 12.3. The van der Waals surface area contributed by atoms with Crippen LogP contribution in [0.5, 0.6) is 5.75 Å². The molecule has 0 spiro atoms. The van der Waals surface area contributed by atoms with Gasteiger partial charge in [-0.2, -0.15) is 0 Å². The van der Waals surface area contributed by atoms with E-state index < -0.39 is 11.4 Å². The van der Waals surface area contributed by atoms with Crippen molar-refractivity contribution < 1.29 is 14.6 Å². The van der Waals surface area contributed by atoms with Crippen LogP contribution in [0.15, 0.2) is 18.2 Å². The molecule has 0 radical (unpaired) electrons. The lowest BCUT2D eigenvalue weighted by Gasteiger charge is -2.19. The van der Waals surface area contributed by atoms with Crippen LogP contribution in [-0.4, -0.2) is 18.2 Å². The average molecular weight is 243 g/mol. The predicted molar refractivity (Wildman–Crippen MR) is 63.1 cm³/mol. The van der Waals surface area contributed by atoms with E-state index in [9.17, 15) is 4.79 Å². The molecular formula is C12H15ClO3. The van der Waals surface area contributed by atoms with Gasteiger partial charge in [0.2, 0.25) is 0 Å². The SMILES string of the molecule is COc1ccc(CC(C)(C)C(=O)O)c(Cl)c1. The number of hydrogen-bond acceptors (Lipinski definition) is 2. The Balaban J connectivity index is 2.94. The summed E-state index contributed by atoms with van der Waals surface area (Å²) in [7, 11) is 1.56. The van der Waals surface area contributed by atoms with Gasteiger partial charge in [0.1, 0.15) is 5.75 Å². The van der Waals surface area contributed by atoms with Gasteiger partial charge in [-0.15, -0.1) is 0 Å². The fourth-order valence-corrected chi connectivity index (χ4v) is 1.59. The topological polar surface area (TPSA) is 46.5 Å². The molecule has 16 heavy (non-hydrogen) atoms. The molecule has 0 saturated heterocycles. The molecule has 3 nitrogen and oxygen atoms in total. The maximum absolute atomic E-state index is 11.0. The van der Waals surface area contributed by atoms with Crippen molar-refractivity contribution in [3.8, 4) is 5.75 Å². The third-order valence-corrected chi connectivity index (χ3v) is 2.82. The molecule has 0 bridgehead atoms. The summed E-state index contributed by atoms with van der Waals surface area (Å²) >= 11 is 6.05. The minimum absolute atomic E-state index is 0.394. The van der Waals surface area contributed by atoms with Gasteiger partial charge in [-0.05, 0) is 38.0 Å². The average Bonchev–Trinajstić information content (AvgIpc) is 2.20. The van der Waals surface area contributed by atoms with Crippen LogP contribution in [0.1, 0.15) is 19.4 Å². The molecule has 88 valence electrons. The maximum Gasteiger partial charge on any atom is 0.309 e. The molecule has 1 N–H and O–H groups in total. The Bertz CT molecular complexity index is 399. The largest absolute Gasteiger partial charge is 0.497 e. The summed E-state index contributed by atoms with van der Waals surface area (Å²) in [6, 6.07) is 5.26. The molecule has 1 aromatic carbocycles. The lowest BCUT2D eigenvalue weighted by molar-refractivity contribution is -0.146. The molecule has 0 unspecified atom stereocenters. The number of halogens is 1. The van der Waals surface area contributed by atoms with E-state index in [4.69, 9.17) is 21.4 Å². The molecule has 0 aliphatic rings. The molecule has 0 aromatic heterocycles. The van der Waals surface area contributed by atoms with Gasteiger partial charge < -0.3 is 9.84 Å². The number of ether oxygens (including phenoxy) is 1. The summed E-state index contributed by atoms with van der Waals surface area (Å²) in [4.78, 5) is 11.0. The standard InChI is InChI=1S/C12H15ClO3/c1-12(2,11(14)15)7-8-4-5-9(16-3)6-10(8)13/h4-6H,7H2,1-3H3,(H,14,15). The van der Waals surface area contributed by atoms with Crippen molar-refractivity contribution in [3.63, 3.8) is 0 Å². The van der Waals surface area contributed by atoms with Crippen LogP contribution < -0.4 is 4.74 Å². The van der Waals surface area contributed by atoms with Crippen LogP contribution in [0.2, 0.25) is 5.02 Å². The van der Waals surface area contributed by atoms with Gasteiger partial charge in [0.05, 0.1) is 12.5 Å². The lowest BCUT2D eigenvalue weighted by atomic mass is 9.86. The first kappa shape index (κ1) is 12.8. The first-order valence-corrected chi connectivity index (χ1v) is 5.30. The second-order valence-electron chi connectivity index (χ2n) is 4.32. The molecule has 4 heteroatoms. The Morgan fingerprint density at radius 1 is 1.50 bits per heavy atom. The quantitative estimate of drug-likeness (QED) is 0.883. The molecule has 1 aromatic rings. The fourth-order valence-electron chi connectivity index (χ4n) is 1.35. The van der Waals surface area contributed by atoms with Gasteiger partial charge in [-0.3, -0.25) is 4.79 Å². The van der Waals surface area contributed by atoms with E-state index in [0.29, 0.717) is 17.2 Å². The van der Waals surface area contributed by atoms with Gasteiger partial charge in [0, 0.05) is 5.02 Å². The second kappa shape index (κ2) is 4.74. The normalized spacial score (nSPS) is 11.2. The molecule has 0 atom stereocenters. The first-order chi connectivity index (χ1) is 7.36.